The lowest BCUT2D eigenvalue weighted by atomic mass is 9.92. The molecule has 2 unspecified atom stereocenters. The van der Waals surface area contributed by atoms with Crippen molar-refractivity contribution < 1.29 is 9.90 Å². The maximum atomic E-state index is 11.8. The summed E-state index contributed by atoms with van der Waals surface area (Å²) < 4.78 is 0. The third kappa shape index (κ3) is 3.67. The monoisotopic (exact) mass is 228 g/mol. The third-order valence-corrected chi connectivity index (χ3v) is 3.32. The number of nitrogens with one attached hydrogen (secondary N) is 1. The van der Waals surface area contributed by atoms with E-state index in [1.807, 2.05) is 0 Å². The highest BCUT2D eigenvalue weighted by atomic mass is 16.3. The van der Waals surface area contributed by atoms with E-state index in [0.29, 0.717) is 0 Å². The molecule has 1 rings (SSSR count). The van der Waals surface area contributed by atoms with E-state index < -0.39 is 0 Å². The second kappa shape index (κ2) is 6.74. The Bertz CT molecular complexity index is 221. The van der Waals surface area contributed by atoms with Gasteiger partial charge in [0.2, 0.25) is 0 Å². The van der Waals surface area contributed by atoms with Crippen molar-refractivity contribution in [2.24, 2.45) is 0 Å². The summed E-state index contributed by atoms with van der Waals surface area (Å²) in [4.78, 5) is 13.4. The van der Waals surface area contributed by atoms with Crippen molar-refractivity contribution in [2.75, 3.05) is 13.6 Å². The number of hydrogen-bond donors (Lipinski definition) is 2. The van der Waals surface area contributed by atoms with Crippen LogP contribution in [0.5, 0.6) is 0 Å². The first kappa shape index (κ1) is 13.3. The Morgan fingerprint density at radius 1 is 1.44 bits per heavy atom. The first-order chi connectivity index (χ1) is 7.66. The molecule has 0 radical (unpaired) electrons. The van der Waals surface area contributed by atoms with Crippen LogP contribution in [0.25, 0.3) is 0 Å². The van der Waals surface area contributed by atoms with Gasteiger partial charge in [0.25, 0.3) is 0 Å². The van der Waals surface area contributed by atoms with Gasteiger partial charge in [0, 0.05) is 13.6 Å². The molecule has 4 nitrogen and oxygen atoms in total. The summed E-state index contributed by atoms with van der Waals surface area (Å²) in [5, 5.41) is 12.7. The van der Waals surface area contributed by atoms with Crippen LogP contribution in [-0.4, -0.2) is 41.8 Å². The number of hydrogen-bond acceptors (Lipinski definition) is 2. The second-order valence-corrected chi connectivity index (χ2v) is 4.62. The summed E-state index contributed by atoms with van der Waals surface area (Å²) in [6, 6.07) is -0.0604. The lowest BCUT2D eigenvalue weighted by molar-refractivity contribution is 0.0465. The molecule has 1 aliphatic carbocycles. The Labute approximate surface area is 98.0 Å². The molecule has 1 aliphatic rings. The van der Waals surface area contributed by atoms with E-state index in [1.54, 1.807) is 11.9 Å². The highest BCUT2D eigenvalue weighted by molar-refractivity contribution is 5.74. The van der Waals surface area contributed by atoms with E-state index in [2.05, 4.69) is 12.2 Å². The summed E-state index contributed by atoms with van der Waals surface area (Å²) in [6.07, 6.45) is 5.65. The van der Waals surface area contributed by atoms with Gasteiger partial charge in [-0.25, -0.2) is 4.79 Å². The van der Waals surface area contributed by atoms with Gasteiger partial charge >= 0.3 is 6.03 Å². The maximum absolute atomic E-state index is 11.8. The fourth-order valence-electron chi connectivity index (χ4n) is 2.19. The average Bonchev–Trinajstić information content (AvgIpc) is 2.29. The SMILES string of the molecule is CCCCNC(=O)N(C)C1CCCCC1O. The van der Waals surface area contributed by atoms with Gasteiger partial charge in [0.05, 0.1) is 12.1 Å². The van der Waals surface area contributed by atoms with Crippen LogP contribution < -0.4 is 5.32 Å². The first-order valence-electron chi connectivity index (χ1n) is 6.35. The Morgan fingerprint density at radius 2 is 2.12 bits per heavy atom. The molecular formula is C12H24N2O2. The van der Waals surface area contributed by atoms with Crippen molar-refractivity contribution in [1.29, 1.82) is 0 Å². The van der Waals surface area contributed by atoms with E-state index in [9.17, 15) is 9.90 Å². The second-order valence-electron chi connectivity index (χ2n) is 4.62. The van der Waals surface area contributed by atoms with Crippen molar-refractivity contribution in [2.45, 2.75) is 57.6 Å². The molecule has 4 heteroatoms. The molecule has 0 spiro atoms. The lowest BCUT2D eigenvalue weighted by Crippen LogP contribution is -2.50. The maximum Gasteiger partial charge on any atom is 0.317 e. The van der Waals surface area contributed by atoms with E-state index in [4.69, 9.17) is 0 Å². The van der Waals surface area contributed by atoms with Gasteiger partial charge in [-0.3, -0.25) is 0 Å². The molecule has 2 amide bonds. The highest BCUT2D eigenvalue weighted by Gasteiger charge is 2.28. The minimum Gasteiger partial charge on any atom is -0.391 e. The van der Waals surface area contributed by atoms with Gasteiger partial charge in [-0.1, -0.05) is 26.2 Å². The first-order valence-corrected chi connectivity index (χ1v) is 6.35. The summed E-state index contributed by atoms with van der Waals surface area (Å²) >= 11 is 0. The third-order valence-electron chi connectivity index (χ3n) is 3.32. The van der Waals surface area contributed by atoms with Crippen LogP contribution in [0.1, 0.15) is 45.4 Å². The zero-order chi connectivity index (χ0) is 12.0. The molecule has 0 bridgehead atoms. The summed E-state index contributed by atoms with van der Waals surface area (Å²) in [7, 11) is 1.78. The van der Waals surface area contributed by atoms with Gasteiger partial charge in [-0.15, -0.1) is 0 Å². The quantitative estimate of drug-likeness (QED) is 0.720. The molecule has 1 saturated carbocycles. The van der Waals surface area contributed by atoms with Crippen LogP contribution in [0.15, 0.2) is 0 Å². The largest absolute Gasteiger partial charge is 0.391 e. The van der Waals surface area contributed by atoms with Gasteiger partial charge in [0.1, 0.15) is 0 Å². The Morgan fingerprint density at radius 3 is 2.75 bits per heavy atom. The van der Waals surface area contributed by atoms with E-state index in [0.717, 1.165) is 45.1 Å². The van der Waals surface area contributed by atoms with Gasteiger partial charge in [0.15, 0.2) is 0 Å². The molecule has 0 aromatic carbocycles. The molecule has 0 heterocycles. The van der Waals surface area contributed by atoms with E-state index in [1.165, 1.54) is 0 Å². The lowest BCUT2D eigenvalue weighted by Gasteiger charge is -2.35. The van der Waals surface area contributed by atoms with Gasteiger partial charge < -0.3 is 15.3 Å². The number of aliphatic hydroxyl groups is 1. The van der Waals surface area contributed by atoms with Crippen LogP contribution in [0.4, 0.5) is 4.79 Å². The van der Waals surface area contributed by atoms with E-state index in [-0.39, 0.29) is 18.2 Å². The van der Waals surface area contributed by atoms with Crippen LogP contribution in [0.2, 0.25) is 0 Å². The normalized spacial score (nSPS) is 25.2. The van der Waals surface area contributed by atoms with Crippen molar-refractivity contribution in [3.8, 4) is 0 Å². The number of carbonyl (C=O) groups is 1. The molecule has 0 aromatic heterocycles. The number of rotatable bonds is 4. The predicted molar refractivity (Wildman–Crippen MR) is 64.3 cm³/mol. The van der Waals surface area contributed by atoms with E-state index >= 15 is 0 Å². The molecule has 1 fully saturated rings. The van der Waals surface area contributed by atoms with Crippen molar-refractivity contribution >= 4 is 6.03 Å². The number of likely N-dealkylation sites (N-methyl/N-ethyl adjacent to an activating group) is 1. The summed E-state index contributed by atoms with van der Waals surface area (Å²) in [6.45, 7) is 2.82. The Kier molecular flexibility index (Phi) is 5.60. The Hall–Kier alpha value is -0.770. The molecular weight excluding hydrogens is 204 g/mol. The zero-order valence-corrected chi connectivity index (χ0v) is 10.4. The fraction of sp³-hybridized carbons (Fsp3) is 0.917. The number of amides is 2. The zero-order valence-electron chi connectivity index (χ0n) is 10.4. The standard InChI is InChI=1S/C12H24N2O2/c1-3-4-9-13-12(16)14(2)10-7-5-6-8-11(10)15/h10-11,15H,3-9H2,1-2H3,(H,13,16). The van der Waals surface area contributed by atoms with Crippen LogP contribution in [-0.2, 0) is 0 Å². The molecule has 2 atom stereocenters. The number of carbonyl (C=O) groups excluding carboxylic acids is 1. The molecule has 94 valence electrons. The molecule has 16 heavy (non-hydrogen) atoms. The summed E-state index contributed by atoms with van der Waals surface area (Å²) in [5.41, 5.74) is 0. The minimum absolute atomic E-state index is 0.00428. The highest BCUT2D eigenvalue weighted by Crippen LogP contribution is 2.22. The summed E-state index contributed by atoms with van der Waals surface area (Å²) in [5.74, 6) is 0. The molecule has 0 saturated heterocycles. The number of urea groups is 1. The number of aliphatic hydroxyl groups excluding tert-OH is 1. The number of unbranched alkanes of at least 4 members (excludes halogenated alkanes) is 1. The van der Waals surface area contributed by atoms with Gasteiger partial charge in [-0.05, 0) is 19.3 Å². The van der Waals surface area contributed by atoms with Crippen LogP contribution in [0.3, 0.4) is 0 Å². The molecule has 0 aromatic rings. The average molecular weight is 228 g/mol. The number of nitrogens with zero attached hydrogens (tertiary/aromatic N) is 1. The molecule has 2 N–H and O–H groups in total. The topological polar surface area (TPSA) is 52.6 Å². The van der Waals surface area contributed by atoms with Crippen LogP contribution in [0, 0.1) is 0 Å². The Balaban J connectivity index is 2.36. The van der Waals surface area contributed by atoms with Crippen molar-refractivity contribution in [3.05, 3.63) is 0 Å². The smallest absolute Gasteiger partial charge is 0.317 e. The minimum atomic E-state index is -0.351. The van der Waals surface area contributed by atoms with Gasteiger partial charge in [-0.2, -0.15) is 0 Å². The predicted octanol–water partition coefficient (Wildman–Crippen LogP) is 1.73. The van der Waals surface area contributed by atoms with Crippen molar-refractivity contribution in [1.82, 2.24) is 10.2 Å². The van der Waals surface area contributed by atoms with Crippen molar-refractivity contribution in [3.63, 3.8) is 0 Å². The fourth-order valence-corrected chi connectivity index (χ4v) is 2.19. The molecule has 0 aliphatic heterocycles. The van der Waals surface area contributed by atoms with Crippen LogP contribution >= 0.6 is 0 Å².